The van der Waals surface area contributed by atoms with Crippen LogP contribution in [0, 0.1) is 0 Å². The molecule has 2 aromatic carbocycles. The van der Waals surface area contributed by atoms with Crippen LogP contribution in [0.3, 0.4) is 0 Å². The SMILES string of the molecule is C[C@H](OC(=O)CNC(=O)Cc1cccc2ccccc12)C(=O)NC(N)=O. The molecule has 1 atom stereocenters. The number of fused-ring (bicyclic) bond motifs is 1. The van der Waals surface area contributed by atoms with Crippen molar-refractivity contribution >= 4 is 34.6 Å². The summed E-state index contributed by atoms with van der Waals surface area (Å²) in [7, 11) is 0. The Balaban J connectivity index is 1.85. The molecule has 2 rings (SSSR count). The summed E-state index contributed by atoms with van der Waals surface area (Å²) >= 11 is 0. The van der Waals surface area contributed by atoms with E-state index in [9.17, 15) is 19.2 Å². The van der Waals surface area contributed by atoms with Crippen molar-refractivity contribution in [2.75, 3.05) is 6.54 Å². The van der Waals surface area contributed by atoms with Gasteiger partial charge in [-0.3, -0.25) is 19.7 Å². The first-order chi connectivity index (χ1) is 12.4. The minimum absolute atomic E-state index is 0.104. The number of primary amides is 1. The maximum atomic E-state index is 12.1. The van der Waals surface area contributed by atoms with Crippen molar-refractivity contribution in [3.63, 3.8) is 0 Å². The Kier molecular flexibility index (Phi) is 6.26. The zero-order valence-electron chi connectivity index (χ0n) is 14.2. The quantitative estimate of drug-likeness (QED) is 0.653. The first-order valence-electron chi connectivity index (χ1n) is 7.90. The number of hydrogen-bond donors (Lipinski definition) is 3. The Morgan fingerprint density at radius 3 is 2.50 bits per heavy atom. The molecule has 0 unspecified atom stereocenters. The van der Waals surface area contributed by atoms with Crippen LogP contribution < -0.4 is 16.4 Å². The van der Waals surface area contributed by atoms with Crippen molar-refractivity contribution in [2.45, 2.75) is 19.4 Å². The monoisotopic (exact) mass is 357 g/mol. The summed E-state index contributed by atoms with van der Waals surface area (Å²) in [6, 6.07) is 12.3. The summed E-state index contributed by atoms with van der Waals surface area (Å²) in [5, 5.41) is 6.22. The highest BCUT2D eigenvalue weighted by Crippen LogP contribution is 2.18. The summed E-state index contributed by atoms with van der Waals surface area (Å²) in [5.74, 6) is -2.00. The van der Waals surface area contributed by atoms with E-state index in [1.165, 1.54) is 6.92 Å². The molecule has 0 bridgehead atoms. The normalized spacial score (nSPS) is 11.4. The van der Waals surface area contributed by atoms with Gasteiger partial charge in [0.25, 0.3) is 5.91 Å². The van der Waals surface area contributed by atoms with Gasteiger partial charge in [-0.15, -0.1) is 0 Å². The smallest absolute Gasteiger partial charge is 0.326 e. The van der Waals surface area contributed by atoms with E-state index in [1.54, 1.807) is 5.32 Å². The largest absolute Gasteiger partial charge is 0.451 e. The minimum Gasteiger partial charge on any atom is -0.451 e. The van der Waals surface area contributed by atoms with Gasteiger partial charge >= 0.3 is 12.0 Å². The van der Waals surface area contributed by atoms with Crippen LogP contribution in [0.1, 0.15) is 12.5 Å². The highest BCUT2D eigenvalue weighted by atomic mass is 16.5. The van der Waals surface area contributed by atoms with E-state index in [0.717, 1.165) is 16.3 Å². The van der Waals surface area contributed by atoms with Crippen LogP contribution in [0.2, 0.25) is 0 Å². The van der Waals surface area contributed by atoms with Gasteiger partial charge in [-0.25, -0.2) is 4.79 Å². The number of carbonyl (C=O) groups excluding carboxylic acids is 4. The van der Waals surface area contributed by atoms with Crippen molar-refractivity contribution in [3.8, 4) is 0 Å². The number of carbonyl (C=O) groups is 4. The van der Waals surface area contributed by atoms with Crippen LogP contribution in [0.15, 0.2) is 42.5 Å². The number of benzene rings is 2. The highest BCUT2D eigenvalue weighted by Gasteiger charge is 2.19. The fraction of sp³-hybridized carbons (Fsp3) is 0.222. The predicted octanol–water partition coefficient (Wildman–Crippen LogP) is 0.625. The molecule has 0 aliphatic carbocycles. The second-order valence-corrected chi connectivity index (χ2v) is 5.58. The van der Waals surface area contributed by atoms with Crippen LogP contribution in [-0.4, -0.2) is 36.5 Å². The fourth-order valence-electron chi connectivity index (χ4n) is 2.37. The first-order valence-corrected chi connectivity index (χ1v) is 7.90. The van der Waals surface area contributed by atoms with E-state index in [-0.39, 0.29) is 12.3 Å². The fourth-order valence-corrected chi connectivity index (χ4v) is 2.37. The molecule has 4 amide bonds. The Bertz CT molecular complexity index is 844. The molecular weight excluding hydrogens is 338 g/mol. The Labute approximate surface area is 149 Å². The second-order valence-electron chi connectivity index (χ2n) is 5.58. The molecular formula is C18H19N3O5. The number of nitrogens with one attached hydrogen (secondary N) is 2. The predicted molar refractivity (Wildman–Crippen MR) is 93.9 cm³/mol. The van der Waals surface area contributed by atoms with Gasteiger partial charge in [0.05, 0.1) is 6.42 Å². The summed E-state index contributed by atoms with van der Waals surface area (Å²) in [6.45, 7) is 0.895. The zero-order chi connectivity index (χ0) is 19.1. The maximum absolute atomic E-state index is 12.1. The van der Waals surface area contributed by atoms with Crippen LogP contribution in [0.5, 0.6) is 0 Å². The van der Waals surface area contributed by atoms with E-state index in [1.807, 2.05) is 42.5 Å². The molecule has 0 aromatic heterocycles. The van der Waals surface area contributed by atoms with Crippen LogP contribution in [0.25, 0.3) is 10.8 Å². The third kappa shape index (κ3) is 5.30. The molecule has 0 heterocycles. The van der Waals surface area contributed by atoms with Gasteiger partial charge in [-0.2, -0.15) is 0 Å². The lowest BCUT2D eigenvalue weighted by atomic mass is 10.0. The molecule has 26 heavy (non-hydrogen) atoms. The molecule has 2 aromatic rings. The number of hydrogen-bond acceptors (Lipinski definition) is 5. The van der Waals surface area contributed by atoms with Crippen molar-refractivity contribution < 1.29 is 23.9 Å². The number of amides is 4. The zero-order valence-corrected chi connectivity index (χ0v) is 14.2. The molecule has 0 aliphatic rings. The summed E-state index contributed by atoms with van der Waals surface area (Å²) in [5.41, 5.74) is 5.64. The second kappa shape index (κ2) is 8.61. The third-order valence-corrected chi connectivity index (χ3v) is 3.58. The van der Waals surface area contributed by atoms with Crippen molar-refractivity contribution in [3.05, 3.63) is 48.0 Å². The van der Waals surface area contributed by atoms with Crippen LogP contribution in [-0.2, 0) is 25.5 Å². The molecule has 0 saturated carbocycles. The number of rotatable bonds is 6. The summed E-state index contributed by atoms with van der Waals surface area (Å²) in [6.07, 6.45) is -1.10. The highest BCUT2D eigenvalue weighted by molar-refractivity contribution is 5.96. The van der Waals surface area contributed by atoms with Gasteiger partial charge in [0.1, 0.15) is 6.54 Å². The van der Waals surface area contributed by atoms with Crippen molar-refractivity contribution in [1.82, 2.24) is 10.6 Å². The molecule has 0 fully saturated rings. The number of ether oxygens (including phenoxy) is 1. The summed E-state index contributed by atoms with van der Waals surface area (Å²) < 4.78 is 4.81. The molecule has 0 saturated heterocycles. The number of imide groups is 1. The van der Waals surface area contributed by atoms with Crippen LogP contribution in [0.4, 0.5) is 4.79 Å². The van der Waals surface area contributed by atoms with E-state index in [0.29, 0.717) is 0 Å². The van der Waals surface area contributed by atoms with Crippen LogP contribution >= 0.6 is 0 Å². The van der Waals surface area contributed by atoms with Gasteiger partial charge in [-0.05, 0) is 23.3 Å². The number of esters is 1. The topological polar surface area (TPSA) is 128 Å². The average molecular weight is 357 g/mol. The molecule has 0 radical (unpaired) electrons. The Morgan fingerprint density at radius 2 is 1.77 bits per heavy atom. The lowest BCUT2D eigenvalue weighted by Gasteiger charge is -2.12. The van der Waals surface area contributed by atoms with Crippen molar-refractivity contribution in [2.24, 2.45) is 5.73 Å². The molecule has 0 spiro atoms. The van der Waals surface area contributed by atoms with Gasteiger partial charge in [0.2, 0.25) is 5.91 Å². The van der Waals surface area contributed by atoms with E-state index >= 15 is 0 Å². The summed E-state index contributed by atoms with van der Waals surface area (Å²) in [4.78, 5) is 45.7. The van der Waals surface area contributed by atoms with E-state index < -0.39 is 30.6 Å². The lowest BCUT2D eigenvalue weighted by Crippen LogP contribution is -2.43. The van der Waals surface area contributed by atoms with E-state index in [4.69, 9.17) is 10.5 Å². The van der Waals surface area contributed by atoms with Crippen molar-refractivity contribution in [1.29, 1.82) is 0 Å². The molecule has 0 aliphatic heterocycles. The molecule has 4 N–H and O–H groups in total. The standard InChI is InChI=1S/C18H19N3O5/c1-11(17(24)21-18(19)25)26-16(23)10-20-15(22)9-13-7-4-6-12-5-2-3-8-14(12)13/h2-8,11H,9-10H2,1H3,(H,20,22)(H3,19,21,24,25)/t11-/m0/s1. The number of urea groups is 1. The first kappa shape index (κ1) is 18.9. The number of nitrogens with two attached hydrogens (primary N) is 1. The molecule has 136 valence electrons. The lowest BCUT2D eigenvalue weighted by molar-refractivity contribution is -0.154. The Hall–Kier alpha value is -3.42. The third-order valence-electron chi connectivity index (χ3n) is 3.58. The molecule has 8 heteroatoms. The molecule has 8 nitrogen and oxygen atoms in total. The van der Waals surface area contributed by atoms with Gasteiger partial charge in [0.15, 0.2) is 6.10 Å². The van der Waals surface area contributed by atoms with Gasteiger partial charge in [-0.1, -0.05) is 42.5 Å². The van der Waals surface area contributed by atoms with E-state index in [2.05, 4.69) is 5.32 Å². The van der Waals surface area contributed by atoms with Gasteiger partial charge < -0.3 is 15.8 Å². The average Bonchev–Trinajstić information content (AvgIpc) is 2.59. The minimum atomic E-state index is -1.20. The Morgan fingerprint density at radius 1 is 1.08 bits per heavy atom. The maximum Gasteiger partial charge on any atom is 0.326 e. The van der Waals surface area contributed by atoms with Gasteiger partial charge in [0, 0.05) is 0 Å².